The van der Waals surface area contributed by atoms with Crippen LogP contribution < -0.4 is 16.6 Å². The van der Waals surface area contributed by atoms with Crippen molar-refractivity contribution in [2.75, 3.05) is 5.73 Å². The van der Waals surface area contributed by atoms with Crippen molar-refractivity contribution in [3.8, 4) is 0 Å². The van der Waals surface area contributed by atoms with Crippen LogP contribution in [0.5, 0.6) is 0 Å². The van der Waals surface area contributed by atoms with Crippen LogP contribution in [-0.2, 0) is 0 Å². The first-order valence-electron chi connectivity index (χ1n) is 6.60. The van der Waals surface area contributed by atoms with E-state index in [0.29, 0.717) is 32.3 Å². The number of aryl methyl sites for hydroxylation is 2. The summed E-state index contributed by atoms with van der Waals surface area (Å²) in [5.74, 6) is -0.925. The van der Waals surface area contributed by atoms with E-state index in [2.05, 4.69) is 31.2 Å². The molecule has 0 atom stereocenters. The quantitative estimate of drug-likeness (QED) is 0.510. The van der Waals surface area contributed by atoms with Gasteiger partial charge >= 0.3 is 0 Å². The van der Waals surface area contributed by atoms with Gasteiger partial charge in [-0.1, -0.05) is 11.3 Å². The number of benzene rings is 1. The number of nitrogens with two attached hydrogens (primary N) is 1. The van der Waals surface area contributed by atoms with Gasteiger partial charge in [-0.2, -0.15) is 15.4 Å². The van der Waals surface area contributed by atoms with Crippen molar-refractivity contribution in [2.45, 2.75) is 13.8 Å². The molecule has 2 heterocycles. The standard InChI is InChI=1S/C13H13N7O2S/c1-5-3-7(4-8-9(5)17-20-16-8)11(21)18-19-12(22)10-6(2)15-13(14)23-10/h3-4H,1-2H3,(H2,14,15)(H,18,21)(H,19,22)(H,16,17,20). The lowest BCUT2D eigenvalue weighted by atomic mass is 10.1. The number of hydrogen-bond donors (Lipinski definition) is 4. The zero-order valence-electron chi connectivity index (χ0n) is 12.3. The molecule has 3 aromatic rings. The van der Waals surface area contributed by atoms with Crippen LogP contribution in [-0.4, -0.2) is 32.2 Å². The third-order valence-corrected chi connectivity index (χ3v) is 4.17. The smallest absolute Gasteiger partial charge is 0.281 e. The number of anilines is 1. The fraction of sp³-hybridized carbons (Fsp3) is 0.154. The normalized spacial score (nSPS) is 10.7. The minimum absolute atomic E-state index is 0.297. The maximum Gasteiger partial charge on any atom is 0.281 e. The number of aromatic nitrogens is 4. The molecule has 0 aliphatic heterocycles. The van der Waals surface area contributed by atoms with Crippen LogP contribution in [0.25, 0.3) is 11.0 Å². The van der Waals surface area contributed by atoms with E-state index in [1.54, 1.807) is 19.1 Å². The summed E-state index contributed by atoms with van der Waals surface area (Å²) in [7, 11) is 0. The predicted octanol–water partition coefficient (Wildman–Crippen LogP) is 0.688. The summed E-state index contributed by atoms with van der Waals surface area (Å²) < 4.78 is 0. The Hall–Kier alpha value is -3.01. The molecule has 2 amide bonds. The van der Waals surface area contributed by atoms with Gasteiger partial charge < -0.3 is 5.73 Å². The minimum Gasteiger partial charge on any atom is -0.375 e. The van der Waals surface area contributed by atoms with Crippen molar-refractivity contribution < 1.29 is 9.59 Å². The molecule has 0 aliphatic rings. The summed E-state index contributed by atoms with van der Waals surface area (Å²) in [6.07, 6.45) is 0. The van der Waals surface area contributed by atoms with Crippen LogP contribution in [0.15, 0.2) is 12.1 Å². The van der Waals surface area contributed by atoms with Crippen molar-refractivity contribution >= 4 is 39.3 Å². The summed E-state index contributed by atoms with van der Waals surface area (Å²) in [4.78, 5) is 28.5. The number of aromatic amines is 1. The molecule has 0 saturated carbocycles. The van der Waals surface area contributed by atoms with Crippen molar-refractivity contribution in [3.63, 3.8) is 0 Å². The van der Waals surface area contributed by atoms with E-state index in [4.69, 9.17) is 5.73 Å². The van der Waals surface area contributed by atoms with Gasteiger partial charge in [-0.15, -0.1) is 0 Å². The van der Waals surface area contributed by atoms with Gasteiger partial charge in [0, 0.05) is 5.56 Å². The van der Waals surface area contributed by atoms with Crippen molar-refractivity contribution in [1.82, 2.24) is 31.2 Å². The number of rotatable bonds is 2. The highest BCUT2D eigenvalue weighted by Gasteiger charge is 2.16. The van der Waals surface area contributed by atoms with Crippen molar-refractivity contribution in [3.05, 3.63) is 33.8 Å². The van der Waals surface area contributed by atoms with Crippen LogP contribution >= 0.6 is 11.3 Å². The van der Waals surface area contributed by atoms with Gasteiger partial charge in [-0.3, -0.25) is 20.4 Å². The first-order chi connectivity index (χ1) is 11.0. The molecule has 118 valence electrons. The summed E-state index contributed by atoms with van der Waals surface area (Å²) in [6, 6.07) is 3.26. The van der Waals surface area contributed by atoms with Gasteiger partial charge in [0.2, 0.25) is 0 Å². The van der Waals surface area contributed by atoms with E-state index < -0.39 is 11.8 Å². The predicted molar refractivity (Wildman–Crippen MR) is 84.8 cm³/mol. The molecule has 9 nitrogen and oxygen atoms in total. The molecular weight excluding hydrogens is 318 g/mol. The van der Waals surface area contributed by atoms with E-state index in [9.17, 15) is 9.59 Å². The lowest BCUT2D eigenvalue weighted by Crippen LogP contribution is -2.41. The zero-order chi connectivity index (χ0) is 16.6. The van der Waals surface area contributed by atoms with Crippen molar-refractivity contribution in [2.24, 2.45) is 0 Å². The van der Waals surface area contributed by atoms with Crippen LogP contribution in [0, 0.1) is 13.8 Å². The highest BCUT2D eigenvalue weighted by atomic mass is 32.1. The molecule has 5 N–H and O–H groups in total. The Balaban J connectivity index is 1.73. The largest absolute Gasteiger partial charge is 0.375 e. The second-order valence-electron chi connectivity index (χ2n) is 4.86. The molecule has 0 spiro atoms. The molecule has 0 radical (unpaired) electrons. The van der Waals surface area contributed by atoms with Crippen molar-refractivity contribution in [1.29, 1.82) is 0 Å². The average Bonchev–Trinajstić information content (AvgIpc) is 3.10. The second-order valence-corrected chi connectivity index (χ2v) is 5.89. The monoisotopic (exact) mass is 331 g/mol. The van der Waals surface area contributed by atoms with Gasteiger partial charge in [-0.25, -0.2) is 4.98 Å². The maximum atomic E-state index is 12.2. The third-order valence-electron chi connectivity index (χ3n) is 3.18. The molecular formula is C13H13N7O2S. The zero-order valence-corrected chi connectivity index (χ0v) is 13.1. The number of H-pyrrole nitrogens is 1. The molecule has 10 heteroatoms. The number of nitrogen functional groups attached to an aromatic ring is 1. The number of nitrogens with one attached hydrogen (secondary N) is 3. The summed E-state index contributed by atoms with van der Waals surface area (Å²) >= 11 is 1.06. The van der Waals surface area contributed by atoms with E-state index in [-0.39, 0.29) is 0 Å². The Bertz CT molecular complexity index is 914. The topological polar surface area (TPSA) is 139 Å². The van der Waals surface area contributed by atoms with Gasteiger partial charge in [0.05, 0.1) is 5.69 Å². The molecule has 3 rings (SSSR count). The SMILES string of the molecule is Cc1nc(N)sc1C(=O)NNC(=O)c1cc(C)c2n[nH]nc2c1. The first-order valence-corrected chi connectivity index (χ1v) is 7.42. The molecule has 2 aromatic heterocycles. The van der Waals surface area contributed by atoms with Gasteiger partial charge in [0.1, 0.15) is 15.9 Å². The highest BCUT2D eigenvalue weighted by Crippen LogP contribution is 2.19. The Labute approximate surface area is 134 Å². The van der Waals surface area contributed by atoms with Gasteiger partial charge in [-0.05, 0) is 31.5 Å². The number of nitrogens with zero attached hydrogens (tertiary/aromatic N) is 3. The summed E-state index contributed by atoms with van der Waals surface area (Å²) in [6.45, 7) is 3.50. The lowest BCUT2D eigenvalue weighted by Gasteiger charge is -2.07. The Morgan fingerprint density at radius 2 is 1.91 bits per heavy atom. The fourth-order valence-electron chi connectivity index (χ4n) is 2.12. The van der Waals surface area contributed by atoms with Crippen LogP contribution in [0.3, 0.4) is 0 Å². The number of amides is 2. The molecule has 0 fully saturated rings. The van der Waals surface area contributed by atoms with E-state index in [1.165, 1.54) is 0 Å². The molecule has 0 aliphatic carbocycles. The Kier molecular flexibility index (Phi) is 3.66. The first kappa shape index (κ1) is 14.9. The van der Waals surface area contributed by atoms with Crippen LogP contribution in [0.1, 0.15) is 31.3 Å². The molecule has 0 bridgehead atoms. The number of thiazole rings is 1. The fourth-order valence-corrected chi connectivity index (χ4v) is 2.85. The summed E-state index contributed by atoms with van der Waals surface area (Å²) in [5, 5.41) is 10.7. The molecule has 0 saturated heterocycles. The van der Waals surface area contributed by atoms with E-state index in [1.807, 2.05) is 6.92 Å². The third kappa shape index (κ3) is 2.83. The van der Waals surface area contributed by atoms with Crippen LogP contribution in [0.2, 0.25) is 0 Å². The average molecular weight is 331 g/mol. The Morgan fingerprint density at radius 1 is 1.17 bits per heavy atom. The lowest BCUT2D eigenvalue weighted by molar-refractivity contribution is 0.0848. The number of hydrazine groups is 1. The Morgan fingerprint density at radius 3 is 2.61 bits per heavy atom. The van der Waals surface area contributed by atoms with E-state index >= 15 is 0 Å². The van der Waals surface area contributed by atoms with Crippen LogP contribution in [0.4, 0.5) is 5.13 Å². The maximum absolute atomic E-state index is 12.2. The van der Waals surface area contributed by atoms with Gasteiger partial charge in [0.15, 0.2) is 5.13 Å². The number of carbonyl (C=O) groups excluding carboxylic acids is 2. The van der Waals surface area contributed by atoms with Gasteiger partial charge in [0.25, 0.3) is 11.8 Å². The summed E-state index contributed by atoms with van der Waals surface area (Å²) in [5.41, 5.74) is 13.2. The minimum atomic E-state index is -0.468. The number of carbonyl (C=O) groups is 2. The molecule has 23 heavy (non-hydrogen) atoms. The second kappa shape index (κ2) is 5.65. The highest BCUT2D eigenvalue weighted by molar-refractivity contribution is 7.17. The van der Waals surface area contributed by atoms with E-state index in [0.717, 1.165) is 16.9 Å². The molecule has 0 unspecified atom stereocenters. The number of fused-ring (bicyclic) bond motifs is 1. The number of hydrogen-bond acceptors (Lipinski definition) is 7. The molecule has 1 aromatic carbocycles.